The molecule has 6 aromatic rings. The molecule has 0 aliphatic carbocycles. The van der Waals surface area contributed by atoms with Crippen molar-refractivity contribution in [1.29, 1.82) is 0 Å². The van der Waals surface area contributed by atoms with Crippen molar-refractivity contribution in [2.75, 3.05) is 0 Å². The van der Waals surface area contributed by atoms with Gasteiger partial charge in [0.2, 0.25) is 0 Å². The zero-order chi connectivity index (χ0) is 68.8. The molecule has 0 radical (unpaired) electrons. The summed E-state index contributed by atoms with van der Waals surface area (Å²) in [5.74, 6) is -1.13. The zero-order valence-corrected chi connectivity index (χ0v) is 49.7. The average molecular weight is 1300 g/mol. The predicted molar refractivity (Wildman–Crippen MR) is 296 cm³/mol. The molecule has 0 heterocycles. The van der Waals surface area contributed by atoms with Gasteiger partial charge in [0.05, 0.1) is 5.56 Å². The number of hydrogen-bond acceptors (Lipinski definition) is 9. The SMILES string of the molecule is CC(C)c1cc(C(F)(F)F)ccc1C=O.CC(C)c1cc(OC(F)(F)F)ccc1C=O.CC(C)c1cc(OC(F)(F)F)ccc1O.CC(C)c1cc(OC(F)(F)F)ccc1O.CC(C)c1ccc(OC(F)(F)F)cc1.CC(C)c1cccc(OC(F)(F)F)c1. The van der Waals surface area contributed by atoms with E-state index in [1.165, 1.54) is 66.7 Å². The third kappa shape index (κ3) is 32.2. The monoisotopic (exact) mass is 1300 g/mol. The molecule has 0 saturated carbocycles. The second-order valence-electron chi connectivity index (χ2n) is 20.6. The number of phenols is 2. The van der Waals surface area contributed by atoms with Crippen molar-refractivity contribution < 1.29 is 123 Å². The number of phenolic OH excluding ortho intramolecular Hbond substituents is 2. The quantitative estimate of drug-likeness (QED) is 0.0860. The van der Waals surface area contributed by atoms with Crippen LogP contribution in [0, 0.1) is 0 Å². The number of carbonyl (C=O) groups is 2. The summed E-state index contributed by atoms with van der Waals surface area (Å²) < 4.78 is 234. The van der Waals surface area contributed by atoms with Crippen LogP contribution in [-0.4, -0.2) is 54.6 Å². The number of ether oxygens (including phenoxy) is 5. The topological polar surface area (TPSA) is 121 Å². The van der Waals surface area contributed by atoms with Crippen molar-refractivity contribution in [3.63, 3.8) is 0 Å². The number of halogens is 18. The van der Waals surface area contributed by atoms with E-state index < -0.39 is 43.6 Å². The van der Waals surface area contributed by atoms with Crippen LogP contribution in [0.1, 0.15) is 178 Å². The van der Waals surface area contributed by atoms with Crippen LogP contribution < -0.4 is 23.7 Å². The fraction of sp³-hybridized carbons (Fsp3) is 0.387. The van der Waals surface area contributed by atoms with E-state index >= 15 is 0 Å². The molecule has 0 saturated heterocycles. The van der Waals surface area contributed by atoms with E-state index in [9.17, 15) is 98.8 Å². The second-order valence-corrected chi connectivity index (χ2v) is 20.6. The maximum Gasteiger partial charge on any atom is 0.573 e. The molecular formula is C62H66F18O9. The Morgan fingerprint density at radius 1 is 0.315 bits per heavy atom. The van der Waals surface area contributed by atoms with E-state index in [1.54, 1.807) is 79.7 Å². The largest absolute Gasteiger partial charge is 0.573 e. The normalized spacial score (nSPS) is 11.8. The Kier molecular flexibility index (Phi) is 30.3. The van der Waals surface area contributed by atoms with Crippen LogP contribution in [0.25, 0.3) is 0 Å². The minimum absolute atomic E-state index is 0.0282. The van der Waals surface area contributed by atoms with Gasteiger partial charge < -0.3 is 33.9 Å². The van der Waals surface area contributed by atoms with E-state index in [4.69, 9.17) is 0 Å². The van der Waals surface area contributed by atoms with Gasteiger partial charge in [-0.25, -0.2) is 0 Å². The first kappa shape index (κ1) is 79.0. The van der Waals surface area contributed by atoms with Gasteiger partial charge in [0.15, 0.2) is 0 Å². The minimum Gasteiger partial charge on any atom is -0.508 e. The Bertz CT molecular complexity index is 3030. The Morgan fingerprint density at radius 2 is 0.607 bits per heavy atom. The molecule has 6 rings (SSSR count). The van der Waals surface area contributed by atoms with Gasteiger partial charge in [0.25, 0.3) is 0 Å². The van der Waals surface area contributed by atoms with Crippen molar-refractivity contribution in [1.82, 2.24) is 0 Å². The molecule has 494 valence electrons. The van der Waals surface area contributed by atoms with Gasteiger partial charge in [-0.15, -0.1) is 65.9 Å². The number of aldehydes is 2. The lowest BCUT2D eigenvalue weighted by atomic mass is 9.95. The van der Waals surface area contributed by atoms with Crippen molar-refractivity contribution in [3.8, 4) is 40.2 Å². The molecule has 6 aromatic carbocycles. The molecule has 0 unspecified atom stereocenters. The fourth-order valence-corrected chi connectivity index (χ4v) is 7.23. The summed E-state index contributed by atoms with van der Waals surface area (Å²) >= 11 is 0. The van der Waals surface area contributed by atoms with E-state index in [2.05, 4.69) is 23.7 Å². The number of rotatable bonds is 13. The standard InChI is InChI=1S/C11H11F3O2.C11H11F3O.2C10H11F3O2.2C10H11F3O/c1-7(2)10-5-9(16-11(12,13)14)4-3-8(10)6-15;1-7(2)10-5-9(11(12,13)14)4-3-8(10)6-15;2*1-6(2)8-5-7(3-4-9(8)14)15-10(11,12)13;1-7(2)8-3-5-9(6-4-8)14-10(11,12)13;1-7(2)8-4-3-5-9(6-8)14-10(11,12)13/h3-7H,1-2H3;3-7H,1-2H3;2*3-6,14H,1-2H3;2*3-7H,1-2H3. The van der Waals surface area contributed by atoms with Crippen molar-refractivity contribution >= 4 is 12.6 Å². The van der Waals surface area contributed by atoms with Crippen molar-refractivity contribution in [2.24, 2.45) is 0 Å². The second kappa shape index (κ2) is 34.1. The summed E-state index contributed by atoms with van der Waals surface area (Å²) in [6.07, 6.45) is -26.5. The summed E-state index contributed by atoms with van der Waals surface area (Å²) in [6, 6.07) is 25.7. The third-order valence-electron chi connectivity index (χ3n) is 11.5. The maximum absolute atomic E-state index is 12.4. The van der Waals surface area contributed by atoms with Gasteiger partial charge in [-0.2, -0.15) is 13.2 Å². The van der Waals surface area contributed by atoms with Crippen molar-refractivity contribution in [3.05, 3.63) is 171 Å². The molecule has 0 amide bonds. The van der Waals surface area contributed by atoms with Crippen LogP contribution >= 0.6 is 0 Å². The Balaban J connectivity index is 0.000000534. The van der Waals surface area contributed by atoms with E-state index in [-0.39, 0.29) is 69.8 Å². The molecule has 0 aromatic heterocycles. The lowest BCUT2D eigenvalue weighted by Gasteiger charge is -2.13. The molecule has 0 bridgehead atoms. The van der Waals surface area contributed by atoms with Crippen LogP contribution in [0.15, 0.2) is 121 Å². The number of aromatic hydroxyl groups is 2. The smallest absolute Gasteiger partial charge is 0.508 e. The van der Waals surface area contributed by atoms with Gasteiger partial charge in [-0.05, 0) is 149 Å². The minimum atomic E-state index is -4.71. The summed E-state index contributed by atoms with van der Waals surface area (Å²) in [4.78, 5) is 21.3. The fourth-order valence-electron chi connectivity index (χ4n) is 7.23. The number of hydrogen-bond donors (Lipinski definition) is 2. The molecule has 0 atom stereocenters. The Hall–Kier alpha value is -8.00. The molecular weight excluding hydrogens is 1230 g/mol. The van der Waals surface area contributed by atoms with Crippen LogP contribution in [0.4, 0.5) is 79.0 Å². The van der Waals surface area contributed by atoms with Crippen LogP contribution in [-0.2, 0) is 6.18 Å². The predicted octanol–water partition coefficient (Wildman–Crippen LogP) is 21.4. The highest BCUT2D eigenvalue weighted by Gasteiger charge is 2.35. The third-order valence-corrected chi connectivity index (χ3v) is 11.5. The molecule has 2 N–H and O–H groups in total. The number of benzene rings is 6. The van der Waals surface area contributed by atoms with E-state index in [0.29, 0.717) is 51.9 Å². The van der Waals surface area contributed by atoms with Gasteiger partial charge in [-0.1, -0.05) is 113 Å². The molecule has 89 heavy (non-hydrogen) atoms. The van der Waals surface area contributed by atoms with E-state index in [0.717, 1.165) is 41.5 Å². The average Bonchev–Trinajstić information content (AvgIpc) is 1.42. The van der Waals surface area contributed by atoms with Gasteiger partial charge >= 0.3 is 38.0 Å². The molecule has 27 heteroatoms. The molecule has 0 spiro atoms. The lowest BCUT2D eigenvalue weighted by Crippen LogP contribution is -2.17. The van der Waals surface area contributed by atoms with Gasteiger partial charge in [0, 0.05) is 22.3 Å². The first-order valence-corrected chi connectivity index (χ1v) is 26.4. The first-order chi connectivity index (χ1) is 40.5. The lowest BCUT2D eigenvalue weighted by molar-refractivity contribution is -0.275. The molecule has 0 aliphatic rings. The summed E-state index contributed by atoms with van der Waals surface area (Å²) in [6.45, 7) is 21.9. The highest BCUT2D eigenvalue weighted by molar-refractivity contribution is 5.78. The molecule has 0 aliphatic heterocycles. The highest BCUT2D eigenvalue weighted by atomic mass is 19.4. The molecule has 0 fully saturated rings. The maximum atomic E-state index is 12.4. The Morgan fingerprint density at radius 3 is 0.921 bits per heavy atom. The first-order valence-electron chi connectivity index (χ1n) is 26.4. The summed E-state index contributed by atoms with van der Waals surface area (Å²) in [5.41, 5.74) is 3.62. The van der Waals surface area contributed by atoms with Crippen molar-refractivity contribution in [2.45, 2.75) is 157 Å². The number of carbonyl (C=O) groups excluding carboxylic acids is 2. The summed E-state index contributed by atoms with van der Waals surface area (Å²) in [5, 5.41) is 18.7. The van der Waals surface area contributed by atoms with Gasteiger partial charge in [0.1, 0.15) is 52.8 Å². The summed E-state index contributed by atoms with van der Waals surface area (Å²) in [7, 11) is 0. The molecule has 9 nitrogen and oxygen atoms in total. The Labute approximate surface area is 502 Å². The number of alkyl halides is 18. The van der Waals surface area contributed by atoms with Crippen LogP contribution in [0.3, 0.4) is 0 Å². The zero-order valence-electron chi connectivity index (χ0n) is 49.7. The van der Waals surface area contributed by atoms with Crippen LogP contribution in [0.5, 0.6) is 40.2 Å². The van der Waals surface area contributed by atoms with Crippen LogP contribution in [0.2, 0.25) is 0 Å². The highest BCUT2D eigenvalue weighted by Crippen LogP contribution is 2.36. The van der Waals surface area contributed by atoms with Gasteiger partial charge in [-0.3, -0.25) is 9.59 Å². The van der Waals surface area contributed by atoms with E-state index in [1.807, 2.05) is 27.7 Å².